The summed E-state index contributed by atoms with van der Waals surface area (Å²) in [4.78, 5) is 0. The zero-order chi connectivity index (χ0) is 11.6. The smallest absolute Gasteiger partial charge is 0.387 e. The van der Waals surface area contributed by atoms with Gasteiger partial charge in [-0.1, -0.05) is 24.6 Å². The summed E-state index contributed by atoms with van der Waals surface area (Å²) in [6.07, 6.45) is 2.67. The van der Waals surface area contributed by atoms with Gasteiger partial charge in [-0.05, 0) is 18.9 Å². The van der Waals surface area contributed by atoms with E-state index >= 15 is 0 Å². The third-order valence-electron chi connectivity index (χ3n) is 3.29. The first kappa shape index (κ1) is 11.3. The molecule has 1 fully saturated rings. The highest BCUT2D eigenvalue weighted by Crippen LogP contribution is 2.46. The zero-order valence-corrected chi connectivity index (χ0v) is 8.83. The molecule has 4 heteroatoms. The van der Waals surface area contributed by atoms with Gasteiger partial charge in [0.15, 0.2) is 0 Å². The lowest BCUT2D eigenvalue weighted by molar-refractivity contribution is -0.0521. The van der Waals surface area contributed by atoms with Crippen LogP contribution in [0.4, 0.5) is 8.78 Å². The summed E-state index contributed by atoms with van der Waals surface area (Å²) in [6, 6.07) is 6.72. The lowest BCUT2D eigenvalue weighted by atomic mass is 9.65. The van der Waals surface area contributed by atoms with Gasteiger partial charge in [-0.3, -0.25) is 0 Å². The number of alkyl halides is 2. The van der Waals surface area contributed by atoms with E-state index in [0.717, 1.165) is 19.3 Å². The van der Waals surface area contributed by atoms with Crippen LogP contribution in [0.2, 0.25) is 0 Å². The molecule has 0 bridgehead atoms. The van der Waals surface area contributed by atoms with E-state index in [-0.39, 0.29) is 17.8 Å². The van der Waals surface area contributed by atoms with Gasteiger partial charge in [-0.15, -0.1) is 0 Å². The average molecular weight is 228 g/mol. The van der Waals surface area contributed by atoms with Crippen molar-refractivity contribution in [3.63, 3.8) is 0 Å². The van der Waals surface area contributed by atoms with Crippen molar-refractivity contribution >= 4 is 0 Å². The number of hydrogen-bond acceptors (Lipinski definition) is 2. The molecular weight excluding hydrogens is 214 g/mol. The van der Waals surface area contributed by atoms with Gasteiger partial charge in [0.1, 0.15) is 5.75 Å². The predicted octanol–water partition coefficient (Wildman–Crippen LogP) is 2.70. The summed E-state index contributed by atoms with van der Waals surface area (Å²) in [5, 5.41) is 9.41. The van der Waals surface area contributed by atoms with E-state index in [9.17, 15) is 13.9 Å². The second kappa shape index (κ2) is 4.37. The van der Waals surface area contributed by atoms with Crippen LogP contribution in [0.25, 0.3) is 0 Å². The molecule has 0 unspecified atom stereocenters. The van der Waals surface area contributed by atoms with Crippen molar-refractivity contribution < 1.29 is 18.6 Å². The number of halogens is 2. The minimum absolute atomic E-state index is 0.0173. The van der Waals surface area contributed by atoms with Crippen molar-refractivity contribution in [3.8, 4) is 5.75 Å². The lowest BCUT2D eigenvalue weighted by Crippen LogP contribution is -2.38. The second-order valence-electron chi connectivity index (χ2n) is 4.17. The van der Waals surface area contributed by atoms with E-state index in [1.807, 2.05) is 0 Å². The Morgan fingerprint density at radius 1 is 1.31 bits per heavy atom. The molecule has 1 aromatic carbocycles. The number of aliphatic hydroxyl groups excluding tert-OH is 1. The molecule has 88 valence electrons. The van der Waals surface area contributed by atoms with Crippen LogP contribution >= 0.6 is 0 Å². The fraction of sp³-hybridized carbons (Fsp3) is 0.500. The van der Waals surface area contributed by atoms with Crippen molar-refractivity contribution in [3.05, 3.63) is 29.8 Å². The average Bonchev–Trinajstić information content (AvgIpc) is 2.19. The Bertz CT molecular complexity index is 356. The molecule has 1 aliphatic carbocycles. The summed E-state index contributed by atoms with van der Waals surface area (Å²) in [6.45, 7) is -2.84. The largest absolute Gasteiger partial charge is 0.435 e. The first-order chi connectivity index (χ1) is 7.68. The Hall–Kier alpha value is -1.16. The lowest BCUT2D eigenvalue weighted by Gasteiger charge is -2.41. The molecule has 16 heavy (non-hydrogen) atoms. The van der Waals surface area contributed by atoms with Crippen LogP contribution < -0.4 is 4.74 Å². The molecule has 0 spiro atoms. The molecule has 1 aromatic rings. The van der Waals surface area contributed by atoms with Crippen LogP contribution in [0.5, 0.6) is 5.75 Å². The molecule has 0 saturated heterocycles. The monoisotopic (exact) mass is 228 g/mol. The van der Waals surface area contributed by atoms with Crippen LogP contribution in [0.1, 0.15) is 24.8 Å². The highest BCUT2D eigenvalue weighted by molar-refractivity contribution is 5.41. The van der Waals surface area contributed by atoms with Gasteiger partial charge in [0.05, 0.1) is 6.61 Å². The molecule has 1 aliphatic rings. The Morgan fingerprint density at radius 2 is 2.00 bits per heavy atom. The molecule has 0 heterocycles. The van der Waals surface area contributed by atoms with Gasteiger partial charge in [-0.25, -0.2) is 0 Å². The summed E-state index contributed by atoms with van der Waals surface area (Å²) < 4.78 is 28.9. The molecule has 0 aromatic heterocycles. The van der Waals surface area contributed by atoms with Gasteiger partial charge in [0.2, 0.25) is 0 Å². The van der Waals surface area contributed by atoms with Crippen molar-refractivity contribution in [2.45, 2.75) is 31.3 Å². The van der Waals surface area contributed by atoms with Crippen LogP contribution in [-0.2, 0) is 5.41 Å². The van der Waals surface area contributed by atoms with Crippen LogP contribution in [-0.4, -0.2) is 18.3 Å². The van der Waals surface area contributed by atoms with Crippen molar-refractivity contribution in [1.82, 2.24) is 0 Å². The SMILES string of the molecule is OCC1(c2ccccc2OC(F)F)CCC1. The molecule has 2 rings (SSSR count). The number of para-hydroxylation sites is 1. The molecule has 0 atom stereocenters. The fourth-order valence-corrected chi connectivity index (χ4v) is 2.22. The fourth-order valence-electron chi connectivity index (χ4n) is 2.22. The first-order valence-corrected chi connectivity index (χ1v) is 5.33. The van der Waals surface area contributed by atoms with Gasteiger partial charge >= 0.3 is 6.61 Å². The maximum absolute atomic E-state index is 12.2. The molecule has 2 nitrogen and oxygen atoms in total. The normalized spacial score (nSPS) is 18.2. The quantitative estimate of drug-likeness (QED) is 0.858. The zero-order valence-electron chi connectivity index (χ0n) is 8.83. The molecule has 0 amide bonds. The van der Waals surface area contributed by atoms with E-state index in [1.54, 1.807) is 18.2 Å². The molecular formula is C12H14F2O2. The van der Waals surface area contributed by atoms with Crippen LogP contribution in [0.15, 0.2) is 24.3 Å². The standard InChI is InChI=1S/C12H14F2O2/c13-11(14)16-10-5-2-1-4-9(10)12(8-15)6-3-7-12/h1-2,4-5,11,15H,3,6-8H2. The maximum atomic E-state index is 12.2. The van der Waals surface area contributed by atoms with Crippen molar-refractivity contribution in [2.75, 3.05) is 6.61 Å². The predicted molar refractivity (Wildman–Crippen MR) is 55.7 cm³/mol. The topological polar surface area (TPSA) is 29.5 Å². The van der Waals surface area contributed by atoms with Crippen LogP contribution in [0, 0.1) is 0 Å². The Balaban J connectivity index is 2.32. The van der Waals surface area contributed by atoms with E-state index in [0.29, 0.717) is 5.56 Å². The summed E-state index contributed by atoms with van der Waals surface area (Å²) in [7, 11) is 0. The van der Waals surface area contributed by atoms with Gasteiger partial charge in [0, 0.05) is 11.0 Å². The Morgan fingerprint density at radius 3 is 2.50 bits per heavy atom. The van der Waals surface area contributed by atoms with E-state index in [4.69, 9.17) is 0 Å². The number of benzene rings is 1. The minimum Gasteiger partial charge on any atom is -0.435 e. The first-order valence-electron chi connectivity index (χ1n) is 5.33. The van der Waals surface area contributed by atoms with Gasteiger partial charge in [0.25, 0.3) is 0 Å². The summed E-state index contributed by atoms with van der Waals surface area (Å²) in [5.74, 6) is 0.186. The third-order valence-corrected chi connectivity index (χ3v) is 3.29. The van der Waals surface area contributed by atoms with Gasteiger partial charge < -0.3 is 9.84 Å². The highest BCUT2D eigenvalue weighted by Gasteiger charge is 2.40. The highest BCUT2D eigenvalue weighted by atomic mass is 19.3. The molecule has 0 radical (unpaired) electrons. The van der Waals surface area contributed by atoms with E-state index < -0.39 is 6.61 Å². The maximum Gasteiger partial charge on any atom is 0.387 e. The molecule has 0 aliphatic heterocycles. The third kappa shape index (κ3) is 1.89. The molecule has 1 N–H and O–H groups in total. The van der Waals surface area contributed by atoms with Crippen LogP contribution in [0.3, 0.4) is 0 Å². The molecule has 1 saturated carbocycles. The second-order valence-corrected chi connectivity index (χ2v) is 4.17. The number of hydrogen-bond donors (Lipinski definition) is 1. The number of ether oxygens (including phenoxy) is 1. The minimum atomic E-state index is -2.82. The summed E-state index contributed by atoms with van der Waals surface area (Å²) >= 11 is 0. The van der Waals surface area contributed by atoms with Crippen molar-refractivity contribution in [1.29, 1.82) is 0 Å². The van der Waals surface area contributed by atoms with E-state index in [2.05, 4.69) is 4.74 Å². The Labute approximate surface area is 92.9 Å². The van der Waals surface area contributed by atoms with Crippen molar-refractivity contribution in [2.24, 2.45) is 0 Å². The van der Waals surface area contributed by atoms with Gasteiger partial charge in [-0.2, -0.15) is 8.78 Å². The number of aliphatic hydroxyl groups is 1. The summed E-state index contributed by atoms with van der Waals surface area (Å²) in [5.41, 5.74) is 0.329. The van der Waals surface area contributed by atoms with E-state index in [1.165, 1.54) is 6.07 Å². The number of rotatable bonds is 4. The Kier molecular flexibility index (Phi) is 3.10.